The average molecular weight is 358 g/mol. The number of amides is 3. The highest BCUT2D eigenvalue weighted by molar-refractivity contribution is 5.83. The summed E-state index contributed by atoms with van der Waals surface area (Å²) in [6, 6.07) is 4.86. The van der Waals surface area contributed by atoms with Crippen molar-refractivity contribution in [1.82, 2.24) is 20.5 Å². The molecule has 2 aromatic rings. The van der Waals surface area contributed by atoms with Gasteiger partial charge < -0.3 is 20.5 Å². The zero-order valence-corrected chi connectivity index (χ0v) is 14.6. The molecule has 4 rings (SSSR count). The first-order chi connectivity index (χ1) is 12.6. The normalized spacial score (nSPS) is 22.8. The molecule has 3 heterocycles. The van der Waals surface area contributed by atoms with Gasteiger partial charge in [0.25, 0.3) is 0 Å². The molecule has 7 heteroatoms. The molecule has 0 saturated carbocycles. The van der Waals surface area contributed by atoms with Crippen LogP contribution in [0.25, 0.3) is 10.9 Å². The van der Waals surface area contributed by atoms with E-state index in [0.29, 0.717) is 38.4 Å². The highest BCUT2D eigenvalue weighted by Gasteiger charge is 2.35. The molecule has 6 nitrogen and oxygen atoms in total. The number of nitrogens with zero attached hydrogens (tertiary/aromatic N) is 1. The summed E-state index contributed by atoms with van der Waals surface area (Å²) in [6.45, 7) is 1.90. The fraction of sp³-hybridized carbons (Fsp3) is 0.474. The average Bonchev–Trinajstić information content (AvgIpc) is 3.03. The van der Waals surface area contributed by atoms with Gasteiger partial charge in [0.2, 0.25) is 5.91 Å². The number of hydrogen-bond donors (Lipinski definition) is 3. The Balaban J connectivity index is 1.29. The molecule has 1 aromatic heterocycles. The molecular formula is C19H23FN4O2. The third-order valence-corrected chi connectivity index (χ3v) is 5.51. The number of fused-ring (bicyclic) bond motifs is 2. The van der Waals surface area contributed by atoms with Crippen LogP contribution in [0.1, 0.15) is 24.8 Å². The minimum absolute atomic E-state index is 0.0498. The number of rotatable bonds is 3. The molecule has 0 aliphatic carbocycles. The quantitative estimate of drug-likeness (QED) is 0.786. The van der Waals surface area contributed by atoms with Crippen LogP contribution >= 0.6 is 0 Å². The van der Waals surface area contributed by atoms with Crippen LogP contribution in [0.2, 0.25) is 0 Å². The van der Waals surface area contributed by atoms with Crippen LogP contribution in [0.4, 0.5) is 9.18 Å². The van der Waals surface area contributed by atoms with Gasteiger partial charge in [0.1, 0.15) is 5.82 Å². The summed E-state index contributed by atoms with van der Waals surface area (Å²) >= 11 is 0. The van der Waals surface area contributed by atoms with Crippen LogP contribution in [-0.4, -0.2) is 47.5 Å². The standard InChI is InChI=1S/C19H23FN4O2/c20-14-2-3-15-12(10-22-17(15)9-14)5-7-21-19(26)24-8-6-16-13(11-24)1-4-18(25)23-16/h2-3,9-10,13,16,22H,1,4-8,11H2,(H,21,26)(H,23,25). The van der Waals surface area contributed by atoms with Crippen molar-refractivity contribution in [3.63, 3.8) is 0 Å². The van der Waals surface area contributed by atoms with Crippen molar-refractivity contribution in [2.24, 2.45) is 5.92 Å². The maximum atomic E-state index is 13.2. The molecule has 0 bridgehead atoms. The predicted octanol–water partition coefficient (Wildman–Crippen LogP) is 2.16. The lowest BCUT2D eigenvalue weighted by Crippen LogP contribution is -2.56. The second kappa shape index (κ2) is 6.97. The monoisotopic (exact) mass is 358 g/mol. The molecule has 0 spiro atoms. The fourth-order valence-corrected chi connectivity index (χ4v) is 4.08. The minimum atomic E-state index is -0.262. The van der Waals surface area contributed by atoms with E-state index in [1.807, 2.05) is 11.1 Å². The van der Waals surface area contributed by atoms with Gasteiger partial charge in [-0.2, -0.15) is 0 Å². The topological polar surface area (TPSA) is 77.2 Å². The van der Waals surface area contributed by atoms with Crippen LogP contribution in [0.5, 0.6) is 0 Å². The third kappa shape index (κ3) is 3.38. The maximum absolute atomic E-state index is 13.2. The van der Waals surface area contributed by atoms with Gasteiger partial charge in [-0.3, -0.25) is 4.79 Å². The van der Waals surface area contributed by atoms with Gasteiger partial charge in [0.15, 0.2) is 0 Å². The molecule has 1 aromatic carbocycles. The van der Waals surface area contributed by atoms with E-state index >= 15 is 0 Å². The SMILES string of the molecule is O=C1CCC2CN(C(=O)NCCc3c[nH]c4cc(F)ccc34)CCC2N1. The summed E-state index contributed by atoms with van der Waals surface area (Å²) in [5.41, 5.74) is 1.83. The van der Waals surface area contributed by atoms with Crippen LogP contribution < -0.4 is 10.6 Å². The van der Waals surface area contributed by atoms with E-state index < -0.39 is 0 Å². The molecule has 2 atom stereocenters. The number of urea groups is 1. The molecule has 3 amide bonds. The zero-order chi connectivity index (χ0) is 18.1. The summed E-state index contributed by atoms with van der Waals surface area (Å²) in [4.78, 5) is 28.8. The first kappa shape index (κ1) is 16.9. The number of carbonyl (C=O) groups excluding carboxylic acids is 2. The summed E-state index contributed by atoms with van der Waals surface area (Å²) in [7, 11) is 0. The van der Waals surface area contributed by atoms with E-state index in [1.54, 1.807) is 6.07 Å². The number of likely N-dealkylation sites (tertiary alicyclic amines) is 1. The number of carbonyl (C=O) groups is 2. The van der Waals surface area contributed by atoms with Crippen molar-refractivity contribution in [2.75, 3.05) is 19.6 Å². The van der Waals surface area contributed by atoms with Crippen molar-refractivity contribution in [3.8, 4) is 0 Å². The molecule has 2 saturated heterocycles. The molecule has 3 N–H and O–H groups in total. The van der Waals surface area contributed by atoms with Gasteiger partial charge in [-0.1, -0.05) is 0 Å². The van der Waals surface area contributed by atoms with Gasteiger partial charge >= 0.3 is 6.03 Å². The Kier molecular flexibility index (Phi) is 4.53. The highest BCUT2D eigenvalue weighted by Crippen LogP contribution is 2.25. The van der Waals surface area contributed by atoms with Crippen molar-refractivity contribution < 1.29 is 14.0 Å². The Morgan fingerprint density at radius 2 is 2.23 bits per heavy atom. The van der Waals surface area contributed by atoms with Crippen molar-refractivity contribution in [1.29, 1.82) is 0 Å². The van der Waals surface area contributed by atoms with E-state index in [4.69, 9.17) is 0 Å². The Bertz CT molecular complexity index is 834. The summed E-state index contributed by atoms with van der Waals surface area (Å²) in [5.74, 6) is 0.222. The molecular weight excluding hydrogens is 335 g/mol. The molecule has 2 unspecified atom stereocenters. The number of benzene rings is 1. The number of hydrogen-bond acceptors (Lipinski definition) is 2. The first-order valence-corrected chi connectivity index (χ1v) is 9.18. The van der Waals surface area contributed by atoms with E-state index in [1.165, 1.54) is 12.1 Å². The Morgan fingerprint density at radius 3 is 3.12 bits per heavy atom. The van der Waals surface area contributed by atoms with Crippen molar-refractivity contribution >= 4 is 22.8 Å². The summed E-state index contributed by atoms with van der Waals surface area (Å²) in [5, 5.41) is 7.00. The Hall–Kier alpha value is -2.57. The van der Waals surface area contributed by atoms with Crippen molar-refractivity contribution in [3.05, 3.63) is 35.8 Å². The third-order valence-electron chi connectivity index (χ3n) is 5.51. The highest BCUT2D eigenvalue weighted by atomic mass is 19.1. The van der Waals surface area contributed by atoms with Gasteiger partial charge in [0, 0.05) is 49.2 Å². The van der Waals surface area contributed by atoms with Crippen LogP contribution in [0.15, 0.2) is 24.4 Å². The number of aromatic nitrogens is 1. The molecule has 2 aliphatic heterocycles. The fourth-order valence-electron chi connectivity index (χ4n) is 4.08. The summed E-state index contributed by atoms with van der Waals surface area (Å²) < 4.78 is 13.2. The van der Waals surface area contributed by atoms with E-state index in [9.17, 15) is 14.0 Å². The number of nitrogens with one attached hydrogen (secondary N) is 3. The largest absolute Gasteiger partial charge is 0.361 e. The smallest absolute Gasteiger partial charge is 0.317 e. The molecule has 2 aliphatic rings. The zero-order valence-electron chi connectivity index (χ0n) is 14.6. The Labute approximate surface area is 151 Å². The van der Waals surface area contributed by atoms with Gasteiger partial charge in [-0.15, -0.1) is 0 Å². The molecule has 138 valence electrons. The van der Waals surface area contributed by atoms with E-state index in [0.717, 1.165) is 29.3 Å². The molecule has 0 radical (unpaired) electrons. The Morgan fingerprint density at radius 1 is 1.35 bits per heavy atom. The number of aromatic amines is 1. The van der Waals surface area contributed by atoms with Gasteiger partial charge in [-0.05, 0) is 48.9 Å². The lowest BCUT2D eigenvalue weighted by Gasteiger charge is -2.41. The van der Waals surface area contributed by atoms with E-state index in [-0.39, 0.29) is 23.8 Å². The maximum Gasteiger partial charge on any atom is 0.317 e. The second-order valence-corrected chi connectivity index (χ2v) is 7.19. The number of H-pyrrole nitrogens is 1. The van der Waals surface area contributed by atoms with Gasteiger partial charge in [-0.25, -0.2) is 9.18 Å². The van der Waals surface area contributed by atoms with Crippen LogP contribution in [0.3, 0.4) is 0 Å². The van der Waals surface area contributed by atoms with Gasteiger partial charge in [0.05, 0.1) is 0 Å². The van der Waals surface area contributed by atoms with Crippen LogP contribution in [0, 0.1) is 11.7 Å². The van der Waals surface area contributed by atoms with Crippen LogP contribution in [-0.2, 0) is 11.2 Å². The van der Waals surface area contributed by atoms with E-state index in [2.05, 4.69) is 15.6 Å². The lowest BCUT2D eigenvalue weighted by atomic mass is 9.85. The molecule has 2 fully saturated rings. The second-order valence-electron chi connectivity index (χ2n) is 7.19. The summed E-state index contributed by atoms with van der Waals surface area (Å²) in [6.07, 6.45) is 4.78. The number of halogens is 1. The first-order valence-electron chi connectivity index (χ1n) is 9.18. The molecule has 26 heavy (non-hydrogen) atoms. The number of piperidine rings is 2. The lowest BCUT2D eigenvalue weighted by molar-refractivity contribution is -0.125. The predicted molar refractivity (Wildman–Crippen MR) is 96.2 cm³/mol. The minimum Gasteiger partial charge on any atom is -0.361 e. The van der Waals surface area contributed by atoms with Crippen molar-refractivity contribution in [2.45, 2.75) is 31.7 Å².